The lowest BCUT2D eigenvalue weighted by Gasteiger charge is -1.99. The van der Waals surface area contributed by atoms with E-state index in [2.05, 4.69) is 5.32 Å². The van der Waals surface area contributed by atoms with E-state index in [-0.39, 0.29) is 6.04 Å². The van der Waals surface area contributed by atoms with E-state index in [1.807, 2.05) is 0 Å². The van der Waals surface area contributed by atoms with E-state index in [0.29, 0.717) is 7.18 Å². The van der Waals surface area contributed by atoms with Crippen molar-refractivity contribution in [1.82, 2.24) is 5.32 Å². The van der Waals surface area contributed by atoms with Crippen LogP contribution in [0.3, 0.4) is 0 Å². The number of carboxylic acid groups (broad SMARTS) is 1. The molecule has 0 aromatic carbocycles. The van der Waals surface area contributed by atoms with Crippen molar-refractivity contribution in [2.45, 2.75) is 18.9 Å². The molecule has 4 heteroatoms. The topological polar surface area (TPSA) is 49.3 Å². The van der Waals surface area contributed by atoms with E-state index in [1.54, 1.807) is 0 Å². The monoisotopic (exact) mass is 149 g/mol. The fraction of sp³-hybridized carbons (Fsp3) is 0.833. The largest absolute Gasteiger partial charge is 0.480 e. The molecule has 60 valence electrons. The SMILES string of the molecule is CF.O=C(O)C1CCCN1. The van der Waals surface area contributed by atoms with Gasteiger partial charge in [0, 0.05) is 0 Å². The van der Waals surface area contributed by atoms with Gasteiger partial charge >= 0.3 is 5.97 Å². The highest BCUT2D eigenvalue weighted by molar-refractivity contribution is 5.73. The molecule has 1 heterocycles. The van der Waals surface area contributed by atoms with Crippen molar-refractivity contribution >= 4 is 5.97 Å². The van der Waals surface area contributed by atoms with Crippen LogP contribution in [-0.2, 0) is 4.79 Å². The molecule has 1 rings (SSSR count). The fourth-order valence-electron chi connectivity index (χ4n) is 0.895. The van der Waals surface area contributed by atoms with Crippen LogP contribution in [0.5, 0.6) is 0 Å². The molecule has 0 saturated carbocycles. The first-order valence-electron chi connectivity index (χ1n) is 3.14. The van der Waals surface area contributed by atoms with E-state index in [0.717, 1.165) is 19.4 Å². The second-order valence-corrected chi connectivity index (χ2v) is 1.99. The van der Waals surface area contributed by atoms with Gasteiger partial charge in [0.1, 0.15) is 6.04 Å². The van der Waals surface area contributed by atoms with E-state index in [9.17, 15) is 9.18 Å². The summed E-state index contributed by atoms with van der Waals surface area (Å²) >= 11 is 0. The van der Waals surface area contributed by atoms with E-state index in [4.69, 9.17) is 5.11 Å². The van der Waals surface area contributed by atoms with Gasteiger partial charge in [-0.15, -0.1) is 0 Å². The molecule has 3 nitrogen and oxygen atoms in total. The van der Waals surface area contributed by atoms with Gasteiger partial charge < -0.3 is 10.4 Å². The summed E-state index contributed by atoms with van der Waals surface area (Å²) in [4.78, 5) is 10.1. The first kappa shape index (κ1) is 9.36. The molecular weight excluding hydrogens is 137 g/mol. The molecule has 0 bridgehead atoms. The third-order valence-corrected chi connectivity index (χ3v) is 1.36. The summed E-state index contributed by atoms with van der Waals surface area (Å²) in [6, 6.07) is -0.269. The Labute approximate surface area is 59.2 Å². The summed E-state index contributed by atoms with van der Waals surface area (Å²) < 4.78 is 9.50. The lowest BCUT2D eigenvalue weighted by atomic mass is 10.2. The molecule has 1 aliphatic rings. The lowest BCUT2D eigenvalue weighted by molar-refractivity contribution is -0.139. The minimum Gasteiger partial charge on any atom is -0.480 e. The minimum absolute atomic E-state index is 0.269. The number of aliphatic carboxylic acids is 1. The lowest BCUT2D eigenvalue weighted by Crippen LogP contribution is -2.29. The molecule has 2 N–H and O–H groups in total. The molecular formula is C6H12FNO2. The summed E-state index contributed by atoms with van der Waals surface area (Å²) in [5.41, 5.74) is 0. The highest BCUT2D eigenvalue weighted by Crippen LogP contribution is 2.03. The third-order valence-electron chi connectivity index (χ3n) is 1.36. The van der Waals surface area contributed by atoms with Crippen molar-refractivity contribution in [3.63, 3.8) is 0 Å². The first-order chi connectivity index (χ1) is 4.80. The molecule has 0 radical (unpaired) electrons. The number of rotatable bonds is 1. The maximum atomic E-state index is 10.1. The number of carboxylic acids is 1. The molecule has 0 amide bonds. The average molecular weight is 149 g/mol. The standard InChI is InChI=1S/C5H9NO2.CH3F/c7-5(8)4-2-1-3-6-4;1-2/h4,6H,1-3H2,(H,7,8);1H3. The maximum Gasteiger partial charge on any atom is 0.320 e. The minimum atomic E-state index is -0.720. The Morgan fingerprint density at radius 2 is 2.30 bits per heavy atom. The van der Waals surface area contributed by atoms with Crippen LogP contribution >= 0.6 is 0 Å². The predicted octanol–water partition coefficient (Wildman–Crippen LogP) is 0.409. The molecule has 1 saturated heterocycles. The Bertz CT molecular complexity index is 102. The number of halogens is 1. The van der Waals surface area contributed by atoms with Gasteiger partial charge in [-0.2, -0.15) is 0 Å². The number of hydrogen-bond acceptors (Lipinski definition) is 2. The summed E-state index contributed by atoms with van der Waals surface area (Å²) in [5.74, 6) is -0.720. The van der Waals surface area contributed by atoms with Crippen LogP contribution in [0.25, 0.3) is 0 Å². The van der Waals surface area contributed by atoms with Gasteiger partial charge in [0.2, 0.25) is 0 Å². The Morgan fingerprint density at radius 3 is 2.50 bits per heavy atom. The van der Waals surface area contributed by atoms with Crippen molar-refractivity contribution in [2.75, 3.05) is 13.7 Å². The normalized spacial score (nSPS) is 23.2. The summed E-state index contributed by atoms with van der Waals surface area (Å²) in [6.45, 7) is 0.858. The van der Waals surface area contributed by atoms with Gasteiger partial charge in [-0.3, -0.25) is 9.18 Å². The molecule has 1 aliphatic heterocycles. The molecule has 10 heavy (non-hydrogen) atoms. The number of alkyl halides is 1. The van der Waals surface area contributed by atoms with Crippen LogP contribution in [0.4, 0.5) is 4.39 Å². The Hall–Kier alpha value is -0.640. The Kier molecular flexibility index (Phi) is 4.84. The van der Waals surface area contributed by atoms with Gasteiger partial charge in [-0.1, -0.05) is 0 Å². The second-order valence-electron chi connectivity index (χ2n) is 1.99. The molecule has 0 spiro atoms. The average Bonchev–Trinajstić information content (AvgIpc) is 2.42. The van der Waals surface area contributed by atoms with Crippen molar-refractivity contribution in [3.05, 3.63) is 0 Å². The van der Waals surface area contributed by atoms with Crippen LogP contribution in [0.2, 0.25) is 0 Å². The number of carbonyl (C=O) groups is 1. The summed E-state index contributed by atoms with van der Waals surface area (Å²) in [7, 11) is 0.500. The maximum absolute atomic E-state index is 10.1. The fourth-order valence-corrected chi connectivity index (χ4v) is 0.895. The van der Waals surface area contributed by atoms with Crippen LogP contribution in [0.15, 0.2) is 0 Å². The molecule has 0 aliphatic carbocycles. The predicted molar refractivity (Wildman–Crippen MR) is 35.7 cm³/mol. The van der Waals surface area contributed by atoms with E-state index in [1.165, 1.54) is 0 Å². The molecule has 1 unspecified atom stereocenters. The van der Waals surface area contributed by atoms with Crippen molar-refractivity contribution < 1.29 is 14.3 Å². The summed E-state index contributed by atoms with van der Waals surface area (Å²) in [6.07, 6.45) is 1.78. The molecule has 1 atom stereocenters. The zero-order valence-corrected chi connectivity index (χ0v) is 5.93. The summed E-state index contributed by atoms with van der Waals surface area (Å²) in [5, 5.41) is 11.2. The first-order valence-corrected chi connectivity index (χ1v) is 3.14. The van der Waals surface area contributed by atoms with Crippen molar-refractivity contribution in [1.29, 1.82) is 0 Å². The zero-order valence-electron chi connectivity index (χ0n) is 5.93. The highest BCUT2D eigenvalue weighted by atomic mass is 19.1. The highest BCUT2D eigenvalue weighted by Gasteiger charge is 2.20. The van der Waals surface area contributed by atoms with Gasteiger partial charge in [0.25, 0.3) is 0 Å². The Balaban J connectivity index is 0.000000371. The van der Waals surface area contributed by atoms with Gasteiger partial charge in [0.15, 0.2) is 0 Å². The van der Waals surface area contributed by atoms with Gasteiger partial charge in [0.05, 0.1) is 7.18 Å². The molecule has 0 aromatic rings. The third kappa shape index (κ3) is 2.77. The quantitative estimate of drug-likeness (QED) is 0.567. The Morgan fingerprint density at radius 1 is 1.70 bits per heavy atom. The van der Waals surface area contributed by atoms with E-state index < -0.39 is 5.97 Å². The van der Waals surface area contributed by atoms with E-state index >= 15 is 0 Å². The van der Waals surface area contributed by atoms with Crippen molar-refractivity contribution in [3.8, 4) is 0 Å². The number of hydrogen-bond donors (Lipinski definition) is 2. The van der Waals surface area contributed by atoms with Gasteiger partial charge in [-0.05, 0) is 19.4 Å². The zero-order chi connectivity index (χ0) is 7.98. The van der Waals surface area contributed by atoms with Crippen molar-refractivity contribution in [2.24, 2.45) is 0 Å². The van der Waals surface area contributed by atoms with Gasteiger partial charge in [-0.25, -0.2) is 0 Å². The van der Waals surface area contributed by atoms with Crippen LogP contribution in [0, 0.1) is 0 Å². The number of nitrogens with one attached hydrogen (secondary N) is 1. The van der Waals surface area contributed by atoms with Crippen LogP contribution < -0.4 is 5.32 Å². The smallest absolute Gasteiger partial charge is 0.320 e. The molecule has 1 fully saturated rings. The second kappa shape index (κ2) is 5.17. The van der Waals surface area contributed by atoms with Crippen LogP contribution in [0.1, 0.15) is 12.8 Å². The van der Waals surface area contributed by atoms with Crippen LogP contribution in [-0.4, -0.2) is 30.8 Å². The molecule has 0 aromatic heterocycles.